The molecule has 0 radical (unpaired) electrons. The fourth-order valence-corrected chi connectivity index (χ4v) is 2.37. The number of methoxy groups -OCH3 is 1. The van der Waals surface area contributed by atoms with Crippen LogP contribution in [-0.4, -0.2) is 23.0 Å². The van der Waals surface area contributed by atoms with Crippen molar-refractivity contribution in [2.24, 2.45) is 0 Å². The molecule has 3 aromatic rings. The van der Waals surface area contributed by atoms with Crippen molar-refractivity contribution in [3.05, 3.63) is 72.1 Å². The number of ether oxygens (including phenoxy) is 1. The molecule has 6 nitrogen and oxygen atoms in total. The number of nitrogens with zero attached hydrogens (tertiary/aromatic N) is 2. The Hall–Kier alpha value is -3.41. The van der Waals surface area contributed by atoms with Gasteiger partial charge in [0.05, 0.1) is 12.7 Å². The minimum Gasteiger partial charge on any atom is -0.497 e. The van der Waals surface area contributed by atoms with Gasteiger partial charge in [-0.25, -0.2) is 9.97 Å². The van der Waals surface area contributed by atoms with Crippen LogP contribution in [0.5, 0.6) is 5.75 Å². The fraction of sp³-hybridized carbons (Fsp3) is 0.150. The van der Waals surface area contributed by atoms with E-state index in [0.29, 0.717) is 22.9 Å². The first-order valence-electron chi connectivity index (χ1n) is 8.31. The van der Waals surface area contributed by atoms with Crippen LogP contribution in [0.15, 0.2) is 60.9 Å². The molecule has 0 aliphatic rings. The predicted molar refractivity (Wildman–Crippen MR) is 102 cm³/mol. The van der Waals surface area contributed by atoms with Crippen molar-refractivity contribution in [1.29, 1.82) is 0 Å². The molecule has 0 spiro atoms. The van der Waals surface area contributed by atoms with E-state index in [-0.39, 0.29) is 5.91 Å². The molecule has 6 heteroatoms. The third-order valence-corrected chi connectivity index (χ3v) is 3.86. The highest BCUT2D eigenvalue weighted by Crippen LogP contribution is 2.18. The van der Waals surface area contributed by atoms with E-state index in [2.05, 4.69) is 39.7 Å². The molecule has 1 heterocycles. The Balaban J connectivity index is 1.65. The summed E-state index contributed by atoms with van der Waals surface area (Å²) in [5, 5.41) is 5.91. The smallest absolute Gasteiger partial charge is 0.258 e. The minimum atomic E-state index is -0.280. The number of anilines is 3. The lowest BCUT2D eigenvalue weighted by atomic mass is 10.1. The van der Waals surface area contributed by atoms with Crippen molar-refractivity contribution in [3.8, 4) is 5.75 Å². The molecule has 1 amide bonds. The summed E-state index contributed by atoms with van der Waals surface area (Å²) in [5.74, 6) is 0.831. The zero-order valence-corrected chi connectivity index (χ0v) is 14.7. The second kappa shape index (κ2) is 8.11. The van der Waals surface area contributed by atoms with E-state index in [1.165, 1.54) is 18.0 Å². The first-order valence-corrected chi connectivity index (χ1v) is 8.31. The molecule has 2 aromatic carbocycles. The minimum absolute atomic E-state index is 0.280. The number of carbonyl (C=O) groups is 1. The van der Waals surface area contributed by atoms with Gasteiger partial charge in [-0.15, -0.1) is 0 Å². The van der Waals surface area contributed by atoms with Crippen LogP contribution in [-0.2, 0) is 6.42 Å². The Bertz CT molecular complexity index is 877. The summed E-state index contributed by atoms with van der Waals surface area (Å²) in [5.41, 5.74) is 3.18. The zero-order valence-electron chi connectivity index (χ0n) is 14.7. The largest absolute Gasteiger partial charge is 0.497 e. The monoisotopic (exact) mass is 348 g/mol. The van der Waals surface area contributed by atoms with Crippen LogP contribution < -0.4 is 15.4 Å². The highest BCUT2D eigenvalue weighted by atomic mass is 16.5. The molecule has 2 N–H and O–H groups in total. The molecule has 1 aromatic heterocycles. The number of aryl methyl sites for hydroxylation is 1. The van der Waals surface area contributed by atoms with E-state index in [9.17, 15) is 4.79 Å². The maximum atomic E-state index is 12.3. The van der Waals surface area contributed by atoms with Crippen LogP contribution in [0.3, 0.4) is 0 Å². The quantitative estimate of drug-likeness (QED) is 0.703. The maximum Gasteiger partial charge on any atom is 0.258 e. The molecule has 0 saturated carbocycles. The Morgan fingerprint density at radius 1 is 1.04 bits per heavy atom. The maximum absolute atomic E-state index is 12.3. The second-order valence-corrected chi connectivity index (χ2v) is 5.66. The molecule has 3 rings (SSSR count). The molecule has 0 saturated heterocycles. The number of amides is 1. The number of rotatable bonds is 6. The van der Waals surface area contributed by atoms with Crippen molar-refractivity contribution < 1.29 is 9.53 Å². The van der Waals surface area contributed by atoms with E-state index in [1.807, 2.05) is 24.3 Å². The molecule has 0 aliphatic heterocycles. The van der Waals surface area contributed by atoms with Crippen LogP contribution in [0.4, 0.5) is 17.3 Å². The third kappa shape index (κ3) is 4.36. The number of benzene rings is 2. The average Bonchev–Trinajstić information content (AvgIpc) is 2.69. The van der Waals surface area contributed by atoms with Gasteiger partial charge in [0.25, 0.3) is 5.91 Å². The van der Waals surface area contributed by atoms with Crippen molar-refractivity contribution in [3.63, 3.8) is 0 Å². The lowest BCUT2D eigenvalue weighted by molar-refractivity contribution is 0.102. The van der Waals surface area contributed by atoms with Gasteiger partial charge in [0.1, 0.15) is 5.75 Å². The Kier molecular flexibility index (Phi) is 5.43. The fourth-order valence-electron chi connectivity index (χ4n) is 2.37. The van der Waals surface area contributed by atoms with Gasteiger partial charge in [-0.1, -0.05) is 25.1 Å². The van der Waals surface area contributed by atoms with Gasteiger partial charge in [0.2, 0.25) is 5.95 Å². The van der Waals surface area contributed by atoms with Crippen molar-refractivity contribution in [2.75, 3.05) is 17.7 Å². The number of nitrogens with one attached hydrogen (secondary N) is 2. The number of aromatic nitrogens is 2. The number of hydrogen-bond acceptors (Lipinski definition) is 5. The SMILES string of the molecule is CCc1ccc(Nc2ncc(C(=O)Nc3cccc(OC)c3)cn2)cc1. The summed E-state index contributed by atoms with van der Waals surface area (Å²) >= 11 is 0. The third-order valence-electron chi connectivity index (χ3n) is 3.86. The van der Waals surface area contributed by atoms with Gasteiger partial charge in [-0.3, -0.25) is 4.79 Å². The van der Waals surface area contributed by atoms with Crippen LogP contribution in [0.2, 0.25) is 0 Å². The predicted octanol–water partition coefficient (Wildman–Crippen LogP) is 4.04. The van der Waals surface area contributed by atoms with Gasteiger partial charge in [0.15, 0.2) is 0 Å². The Labute approximate surface area is 152 Å². The summed E-state index contributed by atoms with van der Waals surface area (Å²) in [7, 11) is 1.58. The summed E-state index contributed by atoms with van der Waals surface area (Å²) < 4.78 is 5.14. The van der Waals surface area contributed by atoms with Crippen LogP contribution in [0.25, 0.3) is 0 Å². The van der Waals surface area contributed by atoms with Gasteiger partial charge in [-0.05, 0) is 36.2 Å². The lowest BCUT2D eigenvalue weighted by Gasteiger charge is -2.08. The number of carbonyl (C=O) groups excluding carboxylic acids is 1. The van der Waals surface area contributed by atoms with Crippen LogP contribution in [0.1, 0.15) is 22.8 Å². The molecule has 26 heavy (non-hydrogen) atoms. The van der Waals surface area contributed by atoms with Crippen LogP contribution >= 0.6 is 0 Å². The van der Waals surface area contributed by atoms with E-state index in [4.69, 9.17) is 4.74 Å². The molecule has 0 fully saturated rings. The van der Waals surface area contributed by atoms with Crippen molar-refractivity contribution in [2.45, 2.75) is 13.3 Å². The van der Waals surface area contributed by atoms with Gasteiger partial charge in [0, 0.05) is 29.8 Å². The highest BCUT2D eigenvalue weighted by Gasteiger charge is 2.08. The number of hydrogen-bond donors (Lipinski definition) is 2. The van der Waals surface area contributed by atoms with Gasteiger partial charge in [-0.2, -0.15) is 0 Å². The van der Waals surface area contributed by atoms with Gasteiger partial charge >= 0.3 is 0 Å². The Morgan fingerprint density at radius 3 is 2.42 bits per heavy atom. The van der Waals surface area contributed by atoms with E-state index >= 15 is 0 Å². The first kappa shape index (κ1) is 17.4. The van der Waals surface area contributed by atoms with Crippen molar-refractivity contribution >= 4 is 23.2 Å². The normalized spacial score (nSPS) is 10.2. The second-order valence-electron chi connectivity index (χ2n) is 5.66. The Morgan fingerprint density at radius 2 is 1.77 bits per heavy atom. The average molecular weight is 348 g/mol. The van der Waals surface area contributed by atoms with E-state index in [1.54, 1.807) is 19.2 Å². The van der Waals surface area contributed by atoms with Gasteiger partial charge < -0.3 is 15.4 Å². The van der Waals surface area contributed by atoms with Crippen LogP contribution in [0, 0.1) is 0 Å². The topological polar surface area (TPSA) is 76.1 Å². The first-order chi connectivity index (χ1) is 12.7. The lowest BCUT2D eigenvalue weighted by Crippen LogP contribution is -2.13. The van der Waals surface area contributed by atoms with E-state index < -0.39 is 0 Å². The summed E-state index contributed by atoms with van der Waals surface area (Å²) in [6.07, 6.45) is 3.98. The molecule has 0 atom stereocenters. The standard InChI is InChI=1S/C20H20N4O2/c1-3-14-7-9-16(10-8-14)24-20-21-12-15(13-22-20)19(25)23-17-5-4-6-18(11-17)26-2/h4-13H,3H2,1-2H3,(H,23,25)(H,21,22,24). The van der Waals surface area contributed by atoms with E-state index in [0.717, 1.165) is 12.1 Å². The molecule has 132 valence electrons. The molecular weight excluding hydrogens is 328 g/mol. The summed E-state index contributed by atoms with van der Waals surface area (Å²) in [4.78, 5) is 20.7. The highest BCUT2D eigenvalue weighted by molar-refractivity contribution is 6.04. The summed E-state index contributed by atoms with van der Waals surface area (Å²) in [6, 6.07) is 15.2. The molecule has 0 bridgehead atoms. The molecular formula is C20H20N4O2. The zero-order chi connectivity index (χ0) is 18.4. The molecule has 0 unspecified atom stereocenters. The summed E-state index contributed by atoms with van der Waals surface area (Å²) in [6.45, 7) is 2.11. The van der Waals surface area contributed by atoms with Crippen molar-refractivity contribution in [1.82, 2.24) is 9.97 Å². The molecule has 0 aliphatic carbocycles.